The van der Waals surface area contributed by atoms with E-state index in [-0.39, 0.29) is 18.2 Å². The Bertz CT molecular complexity index is 276. The summed E-state index contributed by atoms with van der Waals surface area (Å²) in [6, 6.07) is 0. The first-order chi connectivity index (χ1) is 5.97. The fraction of sp³-hybridized carbons (Fsp3) is 0.750. The van der Waals surface area contributed by atoms with E-state index in [2.05, 4.69) is 6.58 Å². The van der Waals surface area contributed by atoms with Gasteiger partial charge in [0.2, 0.25) is 10.0 Å². The van der Waals surface area contributed by atoms with Gasteiger partial charge in [-0.15, -0.1) is 6.58 Å². The lowest BCUT2D eigenvalue weighted by Gasteiger charge is -2.13. The maximum absolute atomic E-state index is 11.5. The Labute approximate surface area is 78.9 Å². The monoisotopic (exact) mass is 205 g/mol. The number of hydrogen-bond donors (Lipinski definition) is 1. The summed E-state index contributed by atoms with van der Waals surface area (Å²) in [6.45, 7) is 5.86. The maximum atomic E-state index is 11.5. The lowest BCUT2D eigenvalue weighted by atomic mass is 10.1. The van der Waals surface area contributed by atoms with E-state index in [0.29, 0.717) is 6.54 Å². The van der Waals surface area contributed by atoms with E-state index in [1.807, 2.05) is 6.92 Å². The van der Waals surface area contributed by atoms with Crippen molar-refractivity contribution in [3.63, 3.8) is 0 Å². The van der Waals surface area contributed by atoms with Gasteiger partial charge in [-0.25, -0.2) is 8.42 Å². The van der Waals surface area contributed by atoms with Gasteiger partial charge < -0.3 is 5.11 Å². The van der Waals surface area contributed by atoms with Gasteiger partial charge in [0.1, 0.15) is 0 Å². The predicted octanol–water partition coefficient (Wildman–Crippen LogP) is -0.185. The average molecular weight is 205 g/mol. The molecule has 1 fully saturated rings. The molecule has 5 heteroatoms. The summed E-state index contributed by atoms with van der Waals surface area (Å²) in [4.78, 5) is 0. The average Bonchev–Trinajstić information content (AvgIpc) is 2.33. The molecule has 0 aromatic rings. The maximum Gasteiger partial charge on any atom is 0.217 e. The highest BCUT2D eigenvalue weighted by molar-refractivity contribution is 7.89. The molecule has 4 nitrogen and oxygen atoms in total. The molecule has 76 valence electrons. The highest BCUT2D eigenvalue weighted by Gasteiger charge is 2.34. The minimum atomic E-state index is -3.22. The van der Waals surface area contributed by atoms with Gasteiger partial charge in [0.25, 0.3) is 0 Å². The molecule has 2 unspecified atom stereocenters. The van der Waals surface area contributed by atoms with Crippen molar-refractivity contribution in [3.8, 4) is 0 Å². The number of β-amino-alcohol motifs (C(OH)–C–C–N with tert-alkyl or cyclic N) is 1. The smallest absolute Gasteiger partial charge is 0.217 e. The number of rotatable bonds is 3. The number of nitrogens with zero attached hydrogens (tertiary/aromatic N) is 1. The lowest BCUT2D eigenvalue weighted by molar-refractivity contribution is 0.153. The van der Waals surface area contributed by atoms with Gasteiger partial charge in [-0.1, -0.05) is 13.0 Å². The van der Waals surface area contributed by atoms with Crippen molar-refractivity contribution in [2.75, 3.05) is 18.8 Å². The highest BCUT2D eigenvalue weighted by atomic mass is 32.2. The molecule has 1 aliphatic rings. The van der Waals surface area contributed by atoms with Crippen molar-refractivity contribution in [2.24, 2.45) is 5.92 Å². The lowest BCUT2D eigenvalue weighted by Crippen LogP contribution is -2.31. The third kappa shape index (κ3) is 2.30. The van der Waals surface area contributed by atoms with Crippen LogP contribution in [0.2, 0.25) is 0 Å². The molecular weight excluding hydrogens is 190 g/mol. The Kier molecular flexibility index (Phi) is 3.10. The zero-order chi connectivity index (χ0) is 10.1. The molecule has 0 bridgehead atoms. The van der Waals surface area contributed by atoms with E-state index in [1.165, 1.54) is 10.4 Å². The van der Waals surface area contributed by atoms with Gasteiger partial charge in [0.15, 0.2) is 0 Å². The molecule has 1 heterocycles. The molecule has 1 rings (SSSR count). The van der Waals surface area contributed by atoms with Crippen LogP contribution >= 0.6 is 0 Å². The van der Waals surface area contributed by atoms with Crippen molar-refractivity contribution >= 4 is 10.0 Å². The minimum absolute atomic E-state index is 0.0274. The van der Waals surface area contributed by atoms with E-state index in [4.69, 9.17) is 0 Å². The quantitative estimate of drug-likeness (QED) is 0.650. The Balaban J connectivity index is 2.70. The van der Waals surface area contributed by atoms with Crippen LogP contribution < -0.4 is 0 Å². The molecule has 0 aromatic heterocycles. The molecular formula is C8H15NO3S. The van der Waals surface area contributed by atoms with Crippen molar-refractivity contribution < 1.29 is 13.5 Å². The van der Waals surface area contributed by atoms with E-state index in [9.17, 15) is 13.5 Å². The van der Waals surface area contributed by atoms with Gasteiger partial charge in [0.05, 0.1) is 11.9 Å². The summed E-state index contributed by atoms with van der Waals surface area (Å²) in [5, 5.41) is 9.37. The Hall–Kier alpha value is -0.390. The second kappa shape index (κ2) is 3.77. The van der Waals surface area contributed by atoms with E-state index in [0.717, 1.165) is 0 Å². The van der Waals surface area contributed by atoms with Crippen LogP contribution in [0.15, 0.2) is 12.7 Å². The van der Waals surface area contributed by atoms with Crippen LogP contribution in [0.5, 0.6) is 0 Å². The molecule has 0 amide bonds. The van der Waals surface area contributed by atoms with Crippen molar-refractivity contribution in [2.45, 2.75) is 13.0 Å². The van der Waals surface area contributed by atoms with Crippen LogP contribution in [0, 0.1) is 5.92 Å². The normalized spacial score (nSPS) is 30.6. The third-order valence-corrected chi connectivity index (χ3v) is 4.00. The number of hydrogen-bond acceptors (Lipinski definition) is 3. The van der Waals surface area contributed by atoms with E-state index < -0.39 is 16.1 Å². The van der Waals surface area contributed by atoms with Gasteiger partial charge in [-0.2, -0.15) is 4.31 Å². The Morgan fingerprint density at radius 1 is 1.62 bits per heavy atom. The van der Waals surface area contributed by atoms with E-state index >= 15 is 0 Å². The highest BCUT2D eigenvalue weighted by Crippen LogP contribution is 2.19. The molecule has 1 N–H and O–H groups in total. The molecule has 2 atom stereocenters. The van der Waals surface area contributed by atoms with Crippen LogP contribution in [-0.4, -0.2) is 42.8 Å². The minimum Gasteiger partial charge on any atom is -0.391 e. The van der Waals surface area contributed by atoms with Gasteiger partial charge >= 0.3 is 0 Å². The summed E-state index contributed by atoms with van der Waals surface area (Å²) in [7, 11) is -3.22. The van der Waals surface area contributed by atoms with Crippen LogP contribution in [0.4, 0.5) is 0 Å². The first kappa shape index (κ1) is 10.7. The zero-order valence-corrected chi connectivity index (χ0v) is 8.50. The summed E-state index contributed by atoms with van der Waals surface area (Å²) >= 11 is 0. The Morgan fingerprint density at radius 2 is 2.23 bits per heavy atom. The number of sulfonamides is 1. The fourth-order valence-corrected chi connectivity index (χ4v) is 2.74. The molecule has 0 radical (unpaired) electrons. The summed E-state index contributed by atoms with van der Waals surface area (Å²) in [5.74, 6) is -0.0218. The number of aliphatic hydroxyl groups excluding tert-OH is 1. The van der Waals surface area contributed by atoms with Crippen LogP contribution in [0.3, 0.4) is 0 Å². The molecule has 0 aromatic carbocycles. The summed E-state index contributed by atoms with van der Waals surface area (Å²) in [6.07, 6.45) is 0.838. The van der Waals surface area contributed by atoms with Gasteiger partial charge in [-0.05, 0) is 5.92 Å². The van der Waals surface area contributed by atoms with Gasteiger partial charge in [-0.3, -0.25) is 0 Å². The number of aliphatic hydroxyl groups is 1. The molecule has 1 saturated heterocycles. The van der Waals surface area contributed by atoms with E-state index in [1.54, 1.807) is 0 Å². The third-order valence-electron chi connectivity index (χ3n) is 2.26. The zero-order valence-electron chi connectivity index (χ0n) is 7.68. The molecule has 0 aliphatic carbocycles. The molecule has 0 spiro atoms. The van der Waals surface area contributed by atoms with Crippen LogP contribution in [0.25, 0.3) is 0 Å². The van der Waals surface area contributed by atoms with Gasteiger partial charge in [0, 0.05) is 13.1 Å². The standard InChI is InChI=1S/C8H15NO3S/c1-3-4-13(11,12)9-5-7(2)8(10)6-9/h3,7-8,10H,1,4-6H2,2H3. The summed E-state index contributed by atoms with van der Waals surface area (Å²) in [5.41, 5.74) is 0. The SMILES string of the molecule is C=CCS(=O)(=O)N1CC(C)C(O)C1. The van der Waals surface area contributed by atoms with Crippen LogP contribution in [0.1, 0.15) is 6.92 Å². The fourth-order valence-electron chi connectivity index (χ4n) is 1.39. The largest absolute Gasteiger partial charge is 0.391 e. The predicted molar refractivity (Wildman–Crippen MR) is 50.7 cm³/mol. The molecule has 1 aliphatic heterocycles. The molecule has 0 saturated carbocycles. The van der Waals surface area contributed by atoms with Crippen molar-refractivity contribution in [1.29, 1.82) is 0 Å². The van der Waals surface area contributed by atoms with Crippen LogP contribution in [-0.2, 0) is 10.0 Å². The van der Waals surface area contributed by atoms with Crippen molar-refractivity contribution in [3.05, 3.63) is 12.7 Å². The topological polar surface area (TPSA) is 57.6 Å². The van der Waals surface area contributed by atoms with Crippen molar-refractivity contribution in [1.82, 2.24) is 4.31 Å². The first-order valence-corrected chi connectivity index (χ1v) is 5.85. The molecule has 13 heavy (non-hydrogen) atoms. The second-order valence-corrected chi connectivity index (χ2v) is 5.44. The second-order valence-electron chi connectivity index (χ2n) is 3.43. The summed E-state index contributed by atoms with van der Waals surface area (Å²) < 4.78 is 24.3. The Morgan fingerprint density at radius 3 is 2.62 bits per heavy atom. The first-order valence-electron chi connectivity index (χ1n) is 4.24.